The van der Waals surface area contributed by atoms with E-state index < -0.39 is 5.97 Å². The van der Waals surface area contributed by atoms with Crippen LogP contribution in [-0.4, -0.2) is 22.7 Å². The first-order valence-electron chi connectivity index (χ1n) is 7.75. The normalized spacial score (nSPS) is 10.9. The molecule has 0 saturated carbocycles. The summed E-state index contributed by atoms with van der Waals surface area (Å²) in [7, 11) is 0. The third kappa shape index (κ3) is 4.78. The molecule has 1 N–H and O–H groups in total. The van der Waals surface area contributed by atoms with E-state index in [0.717, 1.165) is 21.8 Å². The van der Waals surface area contributed by atoms with Crippen molar-refractivity contribution in [3.8, 4) is 17.0 Å². The lowest BCUT2D eigenvalue weighted by Crippen LogP contribution is -2.09. The molecule has 2 aromatic carbocycles. The summed E-state index contributed by atoms with van der Waals surface area (Å²) in [5, 5.41) is 11.6. The van der Waals surface area contributed by atoms with Gasteiger partial charge in [0.15, 0.2) is 6.61 Å². The standard InChI is InChI=1S/C20H17NO3S/c1-14-2-7-16(8-3-14)18-13-25-19(21-18)11-6-15-4-9-17(10-5-15)24-12-20(22)23/h2-11,13H,12H2,1H3,(H,22,23)/b11-6+. The summed E-state index contributed by atoms with van der Waals surface area (Å²) in [6.45, 7) is 1.73. The van der Waals surface area contributed by atoms with Crippen molar-refractivity contribution < 1.29 is 14.6 Å². The van der Waals surface area contributed by atoms with Crippen molar-refractivity contribution in [1.82, 2.24) is 4.98 Å². The van der Waals surface area contributed by atoms with Gasteiger partial charge in [-0.2, -0.15) is 0 Å². The van der Waals surface area contributed by atoms with Crippen LogP contribution in [0.5, 0.6) is 5.75 Å². The third-order valence-corrected chi connectivity index (χ3v) is 4.34. The Morgan fingerprint density at radius 2 is 1.84 bits per heavy atom. The molecule has 25 heavy (non-hydrogen) atoms. The number of aliphatic carboxylic acids is 1. The highest BCUT2D eigenvalue weighted by Crippen LogP contribution is 2.23. The van der Waals surface area contributed by atoms with Crippen molar-refractivity contribution in [2.24, 2.45) is 0 Å². The molecule has 3 aromatic rings. The average molecular weight is 351 g/mol. The first-order valence-corrected chi connectivity index (χ1v) is 8.63. The number of ether oxygens (including phenoxy) is 1. The molecule has 0 radical (unpaired) electrons. The summed E-state index contributed by atoms with van der Waals surface area (Å²) in [6, 6.07) is 15.6. The van der Waals surface area contributed by atoms with Crippen molar-refractivity contribution in [3.05, 3.63) is 70.0 Å². The summed E-state index contributed by atoms with van der Waals surface area (Å²) >= 11 is 1.59. The highest BCUT2D eigenvalue weighted by atomic mass is 32.1. The zero-order chi connectivity index (χ0) is 17.6. The van der Waals surface area contributed by atoms with Crippen LogP contribution in [0.1, 0.15) is 16.1 Å². The summed E-state index contributed by atoms with van der Waals surface area (Å²) in [4.78, 5) is 15.1. The fourth-order valence-electron chi connectivity index (χ4n) is 2.21. The van der Waals surface area contributed by atoms with Crippen LogP contribution in [0.15, 0.2) is 53.9 Å². The van der Waals surface area contributed by atoms with E-state index in [-0.39, 0.29) is 6.61 Å². The van der Waals surface area contributed by atoms with E-state index in [4.69, 9.17) is 9.84 Å². The summed E-state index contributed by atoms with van der Waals surface area (Å²) in [5.41, 5.74) is 4.31. The molecule has 126 valence electrons. The number of hydrogen-bond donors (Lipinski definition) is 1. The van der Waals surface area contributed by atoms with Gasteiger partial charge >= 0.3 is 5.97 Å². The Hall–Kier alpha value is -2.92. The van der Waals surface area contributed by atoms with E-state index in [9.17, 15) is 4.79 Å². The van der Waals surface area contributed by atoms with Gasteiger partial charge in [-0.1, -0.05) is 48.0 Å². The number of aryl methyl sites for hydroxylation is 1. The SMILES string of the molecule is Cc1ccc(-c2csc(/C=C/c3ccc(OCC(=O)O)cc3)n2)cc1. The number of benzene rings is 2. The summed E-state index contributed by atoms with van der Waals surface area (Å²) < 4.78 is 5.11. The Morgan fingerprint density at radius 1 is 1.12 bits per heavy atom. The molecule has 0 fully saturated rings. The van der Waals surface area contributed by atoms with Gasteiger partial charge in [0.05, 0.1) is 5.69 Å². The minimum Gasteiger partial charge on any atom is -0.482 e. The third-order valence-electron chi connectivity index (χ3n) is 3.53. The number of rotatable bonds is 6. The molecule has 1 heterocycles. The van der Waals surface area contributed by atoms with Gasteiger partial charge in [-0.15, -0.1) is 11.3 Å². The van der Waals surface area contributed by atoms with E-state index in [0.29, 0.717) is 5.75 Å². The number of carboxylic acid groups (broad SMARTS) is 1. The van der Waals surface area contributed by atoms with Crippen molar-refractivity contribution in [2.75, 3.05) is 6.61 Å². The maximum Gasteiger partial charge on any atom is 0.341 e. The minimum absolute atomic E-state index is 0.337. The predicted molar refractivity (Wildman–Crippen MR) is 101 cm³/mol. The zero-order valence-corrected chi connectivity index (χ0v) is 14.5. The molecule has 3 rings (SSSR count). The second kappa shape index (κ2) is 7.77. The van der Waals surface area contributed by atoms with Crippen LogP contribution < -0.4 is 4.74 Å². The molecule has 0 aliphatic heterocycles. The van der Waals surface area contributed by atoms with Crippen molar-refractivity contribution in [1.29, 1.82) is 0 Å². The van der Waals surface area contributed by atoms with E-state index in [1.807, 2.05) is 29.7 Å². The van der Waals surface area contributed by atoms with Gasteiger partial charge in [-0.3, -0.25) is 0 Å². The highest BCUT2D eigenvalue weighted by Gasteiger charge is 2.02. The molecule has 4 nitrogen and oxygen atoms in total. The second-order valence-electron chi connectivity index (χ2n) is 5.52. The van der Waals surface area contributed by atoms with E-state index in [1.165, 1.54) is 5.56 Å². The van der Waals surface area contributed by atoms with Crippen LogP contribution in [0, 0.1) is 6.92 Å². The molecule has 0 aliphatic carbocycles. The lowest BCUT2D eigenvalue weighted by molar-refractivity contribution is -0.139. The van der Waals surface area contributed by atoms with Crippen LogP contribution in [0.4, 0.5) is 0 Å². The lowest BCUT2D eigenvalue weighted by atomic mass is 10.1. The molecule has 0 saturated heterocycles. The average Bonchev–Trinajstić information content (AvgIpc) is 3.08. The van der Waals surface area contributed by atoms with Gasteiger partial charge in [-0.05, 0) is 30.7 Å². The maximum atomic E-state index is 10.5. The predicted octanol–water partition coefficient (Wildman–Crippen LogP) is 4.75. The number of carbonyl (C=O) groups is 1. The van der Waals surface area contributed by atoms with E-state index in [2.05, 4.69) is 36.2 Å². The van der Waals surface area contributed by atoms with Gasteiger partial charge in [-0.25, -0.2) is 9.78 Å². The monoisotopic (exact) mass is 351 g/mol. The summed E-state index contributed by atoms with van der Waals surface area (Å²) in [5.74, 6) is -0.451. The first-order chi connectivity index (χ1) is 12.1. The van der Waals surface area contributed by atoms with Crippen molar-refractivity contribution in [3.63, 3.8) is 0 Å². The van der Waals surface area contributed by atoms with E-state index in [1.54, 1.807) is 23.5 Å². The Labute approximate surface area is 150 Å². The van der Waals surface area contributed by atoms with Gasteiger partial charge in [0.25, 0.3) is 0 Å². The molecule has 0 spiro atoms. The Kier molecular flexibility index (Phi) is 5.26. The first kappa shape index (κ1) is 16.9. The smallest absolute Gasteiger partial charge is 0.341 e. The highest BCUT2D eigenvalue weighted by molar-refractivity contribution is 7.10. The minimum atomic E-state index is -0.989. The quantitative estimate of drug-likeness (QED) is 0.696. The van der Waals surface area contributed by atoms with Crippen LogP contribution >= 0.6 is 11.3 Å². The van der Waals surface area contributed by atoms with Crippen LogP contribution in [0.3, 0.4) is 0 Å². The number of nitrogens with zero attached hydrogens (tertiary/aromatic N) is 1. The van der Waals surface area contributed by atoms with Crippen molar-refractivity contribution in [2.45, 2.75) is 6.92 Å². The molecular weight excluding hydrogens is 334 g/mol. The van der Waals surface area contributed by atoms with Gasteiger partial charge in [0, 0.05) is 10.9 Å². The summed E-state index contributed by atoms with van der Waals surface area (Å²) in [6.07, 6.45) is 3.94. The van der Waals surface area contributed by atoms with Gasteiger partial charge in [0.2, 0.25) is 0 Å². The molecule has 0 unspecified atom stereocenters. The number of thiazole rings is 1. The molecule has 0 amide bonds. The molecule has 5 heteroatoms. The molecular formula is C20H17NO3S. The Bertz CT molecular complexity index is 880. The largest absolute Gasteiger partial charge is 0.482 e. The molecule has 0 aliphatic rings. The maximum absolute atomic E-state index is 10.5. The molecule has 0 bridgehead atoms. The van der Waals surface area contributed by atoms with Crippen LogP contribution in [-0.2, 0) is 4.79 Å². The second-order valence-corrected chi connectivity index (χ2v) is 6.41. The zero-order valence-electron chi connectivity index (χ0n) is 13.7. The molecule has 0 atom stereocenters. The Morgan fingerprint density at radius 3 is 2.52 bits per heavy atom. The van der Waals surface area contributed by atoms with Gasteiger partial charge in [0.1, 0.15) is 10.8 Å². The number of aromatic nitrogens is 1. The number of carboxylic acids is 1. The van der Waals surface area contributed by atoms with Crippen molar-refractivity contribution >= 4 is 29.5 Å². The number of hydrogen-bond acceptors (Lipinski definition) is 4. The Balaban J connectivity index is 1.66. The fourth-order valence-corrected chi connectivity index (χ4v) is 2.93. The lowest BCUT2D eigenvalue weighted by Gasteiger charge is -2.02. The van der Waals surface area contributed by atoms with Crippen LogP contribution in [0.2, 0.25) is 0 Å². The molecule has 1 aromatic heterocycles. The topological polar surface area (TPSA) is 59.4 Å². The fraction of sp³-hybridized carbons (Fsp3) is 0.100. The van der Waals surface area contributed by atoms with Crippen LogP contribution in [0.25, 0.3) is 23.4 Å². The van der Waals surface area contributed by atoms with Gasteiger partial charge < -0.3 is 9.84 Å². The van der Waals surface area contributed by atoms with E-state index >= 15 is 0 Å².